The zero-order chi connectivity index (χ0) is 21.1. The summed E-state index contributed by atoms with van der Waals surface area (Å²) in [6.07, 6.45) is 7.19. The van der Waals surface area contributed by atoms with Crippen LogP contribution >= 0.6 is 0 Å². The van der Waals surface area contributed by atoms with E-state index in [1.807, 2.05) is 29.2 Å². The van der Waals surface area contributed by atoms with Crippen molar-refractivity contribution >= 4 is 11.6 Å². The first kappa shape index (κ1) is 20.8. The van der Waals surface area contributed by atoms with Gasteiger partial charge in [0.05, 0.1) is 12.2 Å². The summed E-state index contributed by atoms with van der Waals surface area (Å²) in [5.41, 5.74) is 1.71. The minimum Gasteiger partial charge on any atom is -0.489 e. The van der Waals surface area contributed by atoms with Gasteiger partial charge in [0.15, 0.2) is 11.6 Å². The van der Waals surface area contributed by atoms with E-state index in [2.05, 4.69) is 16.9 Å². The molecule has 30 heavy (non-hydrogen) atoms. The second kappa shape index (κ2) is 9.11. The van der Waals surface area contributed by atoms with Gasteiger partial charge in [-0.05, 0) is 43.4 Å². The SMILES string of the molecule is CC(=O)C[C@@H](C)c1ccc(O[C@@H]2CCN(c3ncnc(C4CCCC4)c3F)C2)cc1. The van der Waals surface area contributed by atoms with Gasteiger partial charge in [0.25, 0.3) is 0 Å². The second-order valence-electron chi connectivity index (χ2n) is 8.73. The molecule has 2 atom stereocenters. The number of carbonyl (C=O) groups excluding carboxylic acids is 1. The zero-order valence-corrected chi connectivity index (χ0v) is 17.8. The molecule has 1 saturated heterocycles. The summed E-state index contributed by atoms with van der Waals surface area (Å²) < 4.78 is 21.2. The molecule has 160 valence electrons. The number of carbonyl (C=O) groups is 1. The predicted molar refractivity (Wildman–Crippen MR) is 115 cm³/mol. The van der Waals surface area contributed by atoms with E-state index in [0.29, 0.717) is 24.5 Å². The fourth-order valence-electron chi connectivity index (χ4n) is 4.71. The standard InChI is InChI=1S/C24H30FN3O2/c1-16(13-17(2)29)18-7-9-20(10-8-18)30-21-11-12-28(14-21)24-22(25)23(26-15-27-24)19-5-3-4-6-19/h7-10,15-16,19,21H,3-6,11-14H2,1-2H3/t16-,21-/m1/s1. The Balaban J connectivity index is 1.38. The number of ether oxygens (including phenoxy) is 1. The minimum absolute atomic E-state index is 0.00483. The maximum absolute atomic E-state index is 15.1. The van der Waals surface area contributed by atoms with Crippen molar-refractivity contribution in [1.29, 1.82) is 0 Å². The Morgan fingerprint density at radius 1 is 1.20 bits per heavy atom. The molecule has 0 radical (unpaired) electrons. The average molecular weight is 412 g/mol. The van der Waals surface area contributed by atoms with E-state index < -0.39 is 0 Å². The van der Waals surface area contributed by atoms with Crippen molar-refractivity contribution in [1.82, 2.24) is 9.97 Å². The molecule has 1 aromatic heterocycles. The summed E-state index contributed by atoms with van der Waals surface area (Å²) in [6, 6.07) is 7.96. The Kier molecular flexibility index (Phi) is 6.30. The van der Waals surface area contributed by atoms with Gasteiger partial charge in [-0.15, -0.1) is 0 Å². The number of benzene rings is 1. The Morgan fingerprint density at radius 3 is 2.63 bits per heavy atom. The van der Waals surface area contributed by atoms with Crippen molar-refractivity contribution in [3.05, 3.63) is 47.7 Å². The molecule has 4 rings (SSSR count). The first-order valence-electron chi connectivity index (χ1n) is 11.0. The van der Waals surface area contributed by atoms with Crippen LogP contribution < -0.4 is 9.64 Å². The van der Waals surface area contributed by atoms with E-state index in [-0.39, 0.29) is 29.5 Å². The second-order valence-corrected chi connectivity index (χ2v) is 8.73. The Labute approximate surface area is 177 Å². The van der Waals surface area contributed by atoms with Gasteiger partial charge in [0.1, 0.15) is 24.0 Å². The summed E-state index contributed by atoms with van der Waals surface area (Å²) in [6.45, 7) is 5.01. The van der Waals surface area contributed by atoms with Gasteiger partial charge in [-0.1, -0.05) is 31.9 Å². The third-order valence-corrected chi connectivity index (χ3v) is 6.33. The summed E-state index contributed by atoms with van der Waals surface area (Å²) in [7, 11) is 0. The predicted octanol–water partition coefficient (Wildman–Crippen LogP) is 5.01. The molecule has 2 aromatic rings. The number of anilines is 1. The molecule has 0 amide bonds. The smallest absolute Gasteiger partial charge is 0.187 e. The summed E-state index contributed by atoms with van der Waals surface area (Å²) >= 11 is 0. The highest BCUT2D eigenvalue weighted by molar-refractivity contribution is 5.76. The van der Waals surface area contributed by atoms with Crippen LogP contribution in [0.5, 0.6) is 5.75 Å². The topological polar surface area (TPSA) is 55.3 Å². The number of halogens is 1. The first-order chi connectivity index (χ1) is 14.5. The monoisotopic (exact) mass is 411 g/mol. The normalized spacial score (nSPS) is 20.5. The van der Waals surface area contributed by atoms with E-state index in [4.69, 9.17) is 4.74 Å². The van der Waals surface area contributed by atoms with Crippen LogP contribution in [0.1, 0.15) is 75.5 Å². The fraction of sp³-hybridized carbons (Fsp3) is 0.542. The van der Waals surface area contributed by atoms with Crippen molar-refractivity contribution in [2.75, 3.05) is 18.0 Å². The van der Waals surface area contributed by atoms with Crippen LogP contribution in [-0.4, -0.2) is 34.9 Å². The van der Waals surface area contributed by atoms with Crippen LogP contribution in [0.3, 0.4) is 0 Å². The number of hydrogen-bond donors (Lipinski definition) is 0. The van der Waals surface area contributed by atoms with Crippen LogP contribution in [0.25, 0.3) is 0 Å². The quantitative estimate of drug-likeness (QED) is 0.641. The minimum atomic E-state index is -0.256. The van der Waals surface area contributed by atoms with Crippen molar-refractivity contribution < 1.29 is 13.9 Å². The molecule has 0 N–H and O–H groups in total. The van der Waals surface area contributed by atoms with Crippen molar-refractivity contribution in [3.63, 3.8) is 0 Å². The van der Waals surface area contributed by atoms with E-state index in [1.165, 1.54) is 6.33 Å². The van der Waals surface area contributed by atoms with Crippen LogP contribution in [-0.2, 0) is 4.79 Å². The van der Waals surface area contributed by atoms with Crippen LogP contribution in [0.15, 0.2) is 30.6 Å². The van der Waals surface area contributed by atoms with Crippen LogP contribution in [0.4, 0.5) is 10.2 Å². The number of aromatic nitrogens is 2. The fourth-order valence-corrected chi connectivity index (χ4v) is 4.71. The third kappa shape index (κ3) is 4.63. The molecule has 1 aromatic carbocycles. The largest absolute Gasteiger partial charge is 0.489 e. The van der Waals surface area contributed by atoms with Gasteiger partial charge in [0.2, 0.25) is 0 Å². The molecule has 0 unspecified atom stereocenters. The molecule has 1 aliphatic carbocycles. The first-order valence-corrected chi connectivity index (χ1v) is 11.0. The lowest BCUT2D eigenvalue weighted by molar-refractivity contribution is -0.117. The molecule has 2 heterocycles. The van der Waals surface area contributed by atoms with Crippen molar-refractivity contribution in [2.24, 2.45) is 0 Å². The number of rotatable bonds is 7. The highest BCUT2D eigenvalue weighted by Gasteiger charge is 2.30. The van der Waals surface area contributed by atoms with Gasteiger partial charge >= 0.3 is 0 Å². The van der Waals surface area contributed by atoms with E-state index >= 15 is 4.39 Å². The van der Waals surface area contributed by atoms with Crippen LogP contribution in [0.2, 0.25) is 0 Å². The van der Waals surface area contributed by atoms with E-state index in [9.17, 15) is 4.79 Å². The lowest BCUT2D eigenvalue weighted by atomic mass is 9.96. The molecule has 0 spiro atoms. The maximum atomic E-state index is 15.1. The van der Waals surface area contributed by atoms with Gasteiger partial charge in [-0.2, -0.15) is 0 Å². The van der Waals surface area contributed by atoms with Gasteiger partial charge < -0.3 is 14.4 Å². The molecule has 1 saturated carbocycles. The molecule has 5 nitrogen and oxygen atoms in total. The molecule has 2 fully saturated rings. The molecule has 2 aliphatic rings. The molecule has 1 aliphatic heterocycles. The van der Waals surface area contributed by atoms with Gasteiger partial charge in [-0.3, -0.25) is 0 Å². The third-order valence-electron chi connectivity index (χ3n) is 6.33. The average Bonchev–Trinajstić information content (AvgIpc) is 3.40. The summed E-state index contributed by atoms with van der Waals surface area (Å²) in [5, 5.41) is 0. The molecule has 6 heteroatoms. The van der Waals surface area contributed by atoms with Crippen molar-refractivity contribution in [3.8, 4) is 5.75 Å². The summed E-state index contributed by atoms with van der Waals surface area (Å²) in [5.74, 6) is 1.58. The number of ketones is 1. The molecular weight excluding hydrogens is 381 g/mol. The lowest BCUT2D eigenvalue weighted by Crippen LogP contribution is -2.26. The van der Waals surface area contributed by atoms with Gasteiger partial charge in [0, 0.05) is 25.3 Å². The number of Topliss-reactive ketones (excluding diaryl/α,β-unsaturated/α-hetero) is 1. The van der Waals surface area contributed by atoms with Crippen molar-refractivity contribution in [2.45, 2.75) is 70.3 Å². The Bertz CT molecular complexity index is 881. The van der Waals surface area contributed by atoms with E-state index in [0.717, 1.165) is 50.0 Å². The maximum Gasteiger partial charge on any atom is 0.187 e. The van der Waals surface area contributed by atoms with Gasteiger partial charge in [-0.25, -0.2) is 14.4 Å². The number of nitrogens with zero attached hydrogens (tertiary/aromatic N) is 3. The highest BCUT2D eigenvalue weighted by atomic mass is 19.1. The Morgan fingerprint density at radius 2 is 1.93 bits per heavy atom. The Hall–Kier alpha value is -2.50. The lowest BCUT2D eigenvalue weighted by Gasteiger charge is -2.20. The highest BCUT2D eigenvalue weighted by Crippen LogP contribution is 2.36. The zero-order valence-electron chi connectivity index (χ0n) is 17.8. The number of hydrogen-bond acceptors (Lipinski definition) is 5. The molecular formula is C24H30FN3O2. The van der Waals surface area contributed by atoms with E-state index in [1.54, 1.807) is 6.92 Å². The van der Waals surface area contributed by atoms with Crippen LogP contribution in [0, 0.1) is 5.82 Å². The summed E-state index contributed by atoms with van der Waals surface area (Å²) in [4.78, 5) is 21.8. The molecule has 0 bridgehead atoms.